The summed E-state index contributed by atoms with van der Waals surface area (Å²) in [4.78, 5) is 31.5. The number of amides is 1. The highest BCUT2D eigenvalue weighted by Crippen LogP contribution is 2.33. The van der Waals surface area contributed by atoms with Crippen LogP contribution in [0.3, 0.4) is 0 Å². The summed E-state index contributed by atoms with van der Waals surface area (Å²) in [6.45, 7) is 0.587. The van der Waals surface area contributed by atoms with E-state index in [9.17, 15) is 9.59 Å². The van der Waals surface area contributed by atoms with Crippen molar-refractivity contribution in [2.75, 3.05) is 34.4 Å². The quantitative estimate of drug-likeness (QED) is 0.361. The van der Waals surface area contributed by atoms with Crippen LogP contribution in [0.5, 0.6) is 11.5 Å². The predicted octanol–water partition coefficient (Wildman–Crippen LogP) is 4.85. The maximum Gasteiger partial charge on any atom is 0.409 e. The summed E-state index contributed by atoms with van der Waals surface area (Å²) in [5, 5.41) is 0.655. The van der Waals surface area contributed by atoms with Gasteiger partial charge in [0.15, 0.2) is 11.5 Å². The van der Waals surface area contributed by atoms with Crippen molar-refractivity contribution in [1.29, 1.82) is 0 Å². The number of fused-ring (bicyclic) bond motifs is 1. The molecule has 2 aromatic heterocycles. The molecule has 4 aromatic rings. The lowest BCUT2D eigenvalue weighted by Crippen LogP contribution is -2.30. The molecule has 2 heterocycles. The molecular formula is C24H22ClN3O5S. The van der Waals surface area contributed by atoms with Crippen molar-refractivity contribution in [3.8, 4) is 27.6 Å². The first-order valence-corrected chi connectivity index (χ1v) is 11.5. The summed E-state index contributed by atoms with van der Waals surface area (Å²) >= 11 is 7.37. The summed E-state index contributed by atoms with van der Waals surface area (Å²) in [5.41, 5.74) is 2.03. The van der Waals surface area contributed by atoms with E-state index in [-0.39, 0.29) is 12.2 Å². The van der Waals surface area contributed by atoms with Crippen molar-refractivity contribution in [1.82, 2.24) is 14.5 Å². The van der Waals surface area contributed by atoms with Crippen molar-refractivity contribution in [3.63, 3.8) is 0 Å². The zero-order valence-electron chi connectivity index (χ0n) is 18.8. The normalized spacial score (nSPS) is 10.8. The summed E-state index contributed by atoms with van der Waals surface area (Å²) < 4.78 is 17.9. The molecule has 0 unspecified atom stereocenters. The second kappa shape index (κ2) is 10.1. The molecule has 10 heteroatoms. The van der Waals surface area contributed by atoms with Gasteiger partial charge in [-0.1, -0.05) is 23.7 Å². The maximum absolute atomic E-state index is 13.2. The molecule has 2 aromatic carbocycles. The number of halogens is 1. The molecule has 0 radical (unpaired) electrons. The Morgan fingerprint density at radius 3 is 2.59 bits per heavy atom. The summed E-state index contributed by atoms with van der Waals surface area (Å²) in [6.07, 6.45) is 1.06. The Morgan fingerprint density at radius 1 is 1.12 bits per heavy atom. The van der Waals surface area contributed by atoms with Gasteiger partial charge in [-0.25, -0.2) is 9.78 Å². The minimum Gasteiger partial charge on any atom is -0.493 e. The average molecular weight is 500 g/mol. The highest BCUT2D eigenvalue weighted by atomic mass is 35.5. The van der Waals surface area contributed by atoms with Crippen LogP contribution >= 0.6 is 22.9 Å². The molecule has 34 heavy (non-hydrogen) atoms. The number of carbonyl (C=O) groups is 1. The third-order valence-electron chi connectivity index (χ3n) is 5.16. The first kappa shape index (κ1) is 23.6. The molecule has 0 aliphatic rings. The summed E-state index contributed by atoms with van der Waals surface area (Å²) in [6, 6.07) is 14.5. The van der Waals surface area contributed by atoms with Gasteiger partial charge in [0.05, 0.1) is 32.0 Å². The molecule has 8 nitrogen and oxygen atoms in total. The van der Waals surface area contributed by atoms with Gasteiger partial charge in [0.25, 0.3) is 5.56 Å². The van der Waals surface area contributed by atoms with E-state index in [1.54, 1.807) is 25.2 Å². The number of nitrogens with zero attached hydrogens (tertiary/aromatic N) is 3. The number of aromatic nitrogens is 2. The van der Waals surface area contributed by atoms with Crippen LogP contribution in [0.15, 0.2) is 59.7 Å². The van der Waals surface area contributed by atoms with Crippen LogP contribution in [0, 0.1) is 0 Å². The molecule has 0 atom stereocenters. The van der Waals surface area contributed by atoms with Crippen LogP contribution in [0.1, 0.15) is 0 Å². The molecule has 0 N–H and O–H groups in total. The molecular weight excluding hydrogens is 478 g/mol. The van der Waals surface area contributed by atoms with E-state index in [1.165, 1.54) is 41.4 Å². The Hall–Kier alpha value is -3.56. The number of hydrogen-bond donors (Lipinski definition) is 0. The van der Waals surface area contributed by atoms with Crippen molar-refractivity contribution in [3.05, 3.63) is 70.2 Å². The van der Waals surface area contributed by atoms with Gasteiger partial charge in [-0.3, -0.25) is 9.36 Å². The van der Waals surface area contributed by atoms with Gasteiger partial charge in [-0.2, -0.15) is 0 Å². The molecule has 0 spiro atoms. The van der Waals surface area contributed by atoms with Gasteiger partial charge in [0.1, 0.15) is 17.6 Å². The molecule has 0 fully saturated rings. The Labute approximate surface area is 204 Å². The number of carbonyl (C=O) groups excluding carboxylic acids is 1. The third-order valence-corrected chi connectivity index (χ3v) is 6.58. The van der Waals surface area contributed by atoms with Crippen LogP contribution in [0.25, 0.3) is 26.3 Å². The Morgan fingerprint density at radius 2 is 1.88 bits per heavy atom. The number of benzene rings is 2. The van der Waals surface area contributed by atoms with E-state index < -0.39 is 6.09 Å². The fourth-order valence-corrected chi connectivity index (χ4v) is 4.49. The van der Waals surface area contributed by atoms with Crippen LogP contribution in [-0.4, -0.2) is 55.0 Å². The van der Waals surface area contributed by atoms with Crippen LogP contribution in [0.2, 0.25) is 5.02 Å². The molecule has 1 amide bonds. The molecule has 0 saturated heterocycles. The molecule has 0 aliphatic heterocycles. The lowest BCUT2D eigenvalue weighted by Gasteiger charge is -2.17. The van der Waals surface area contributed by atoms with Gasteiger partial charge in [-0.05, 0) is 35.9 Å². The van der Waals surface area contributed by atoms with Crippen molar-refractivity contribution >= 4 is 39.2 Å². The number of ether oxygens (including phenoxy) is 3. The first-order chi connectivity index (χ1) is 16.4. The topological polar surface area (TPSA) is 82.9 Å². The third kappa shape index (κ3) is 4.85. The summed E-state index contributed by atoms with van der Waals surface area (Å²) in [7, 11) is 4.46. The van der Waals surface area contributed by atoms with Gasteiger partial charge in [0.2, 0.25) is 0 Å². The highest BCUT2D eigenvalue weighted by molar-refractivity contribution is 7.22. The van der Waals surface area contributed by atoms with E-state index in [1.807, 2.05) is 30.3 Å². The first-order valence-electron chi connectivity index (χ1n) is 10.3. The average Bonchev–Trinajstić information content (AvgIpc) is 3.29. The lowest BCUT2D eigenvalue weighted by atomic mass is 10.2. The molecule has 0 bridgehead atoms. The Balaban J connectivity index is 1.59. The van der Waals surface area contributed by atoms with E-state index in [0.29, 0.717) is 39.0 Å². The second-order valence-corrected chi connectivity index (χ2v) is 8.82. The van der Waals surface area contributed by atoms with E-state index >= 15 is 0 Å². The Bertz CT molecular complexity index is 1380. The van der Waals surface area contributed by atoms with Crippen LogP contribution < -0.4 is 15.0 Å². The van der Waals surface area contributed by atoms with Gasteiger partial charge < -0.3 is 19.1 Å². The minimum atomic E-state index is -0.444. The van der Waals surface area contributed by atoms with E-state index in [2.05, 4.69) is 9.72 Å². The zero-order chi connectivity index (χ0) is 24.2. The number of hydrogen-bond acceptors (Lipinski definition) is 7. The molecule has 0 saturated carbocycles. The van der Waals surface area contributed by atoms with Crippen molar-refractivity contribution in [2.45, 2.75) is 0 Å². The highest BCUT2D eigenvalue weighted by Gasteiger charge is 2.14. The van der Waals surface area contributed by atoms with E-state index in [4.69, 9.17) is 21.1 Å². The van der Waals surface area contributed by atoms with Gasteiger partial charge >= 0.3 is 6.09 Å². The monoisotopic (exact) mass is 499 g/mol. The van der Waals surface area contributed by atoms with Gasteiger partial charge in [-0.15, -0.1) is 11.3 Å². The standard InChI is InChI=1S/C24H22ClN3O5S/c1-27(24(30)32-3)10-11-33-19-9-8-17(12-20(19)31-2)28-14-26-18-13-21(34-22(18)23(28)29)15-4-6-16(25)7-5-15/h4-9,12-14H,10-11H2,1-3H3. The van der Waals surface area contributed by atoms with Gasteiger partial charge in [0, 0.05) is 23.0 Å². The lowest BCUT2D eigenvalue weighted by molar-refractivity contribution is 0.126. The number of thiophene rings is 1. The number of likely N-dealkylation sites (N-methyl/N-ethyl adjacent to an activating group) is 1. The second-order valence-electron chi connectivity index (χ2n) is 7.33. The van der Waals surface area contributed by atoms with Crippen LogP contribution in [0.4, 0.5) is 4.79 Å². The van der Waals surface area contributed by atoms with E-state index in [0.717, 1.165) is 10.4 Å². The molecule has 176 valence electrons. The molecule has 0 aliphatic carbocycles. The largest absolute Gasteiger partial charge is 0.493 e. The summed E-state index contributed by atoms with van der Waals surface area (Å²) in [5.74, 6) is 0.950. The number of rotatable bonds is 7. The van der Waals surface area contributed by atoms with Crippen molar-refractivity contribution in [2.24, 2.45) is 0 Å². The fraction of sp³-hybridized carbons (Fsp3) is 0.208. The SMILES string of the molecule is COC(=O)N(C)CCOc1ccc(-n2cnc3cc(-c4ccc(Cl)cc4)sc3c2=O)cc1OC. The zero-order valence-corrected chi connectivity index (χ0v) is 20.4. The molecule has 4 rings (SSSR count). The maximum atomic E-state index is 13.2. The van der Waals surface area contributed by atoms with Crippen molar-refractivity contribution < 1.29 is 19.0 Å². The minimum absolute atomic E-state index is 0.175. The fourth-order valence-electron chi connectivity index (χ4n) is 3.32. The van der Waals surface area contributed by atoms with Crippen LogP contribution in [-0.2, 0) is 4.74 Å². The number of methoxy groups -OCH3 is 2. The smallest absolute Gasteiger partial charge is 0.409 e. The Kier molecular flexibility index (Phi) is 7.04. The predicted molar refractivity (Wildman–Crippen MR) is 133 cm³/mol.